The van der Waals surface area contributed by atoms with Crippen molar-refractivity contribution in [1.82, 2.24) is 4.57 Å². The number of benzene rings is 2. The van der Waals surface area contributed by atoms with Gasteiger partial charge < -0.3 is 4.57 Å². The summed E-state index contributed by atoms with van der Waals surface area (Å²) >= 11 is 15.6. The topological polar surface area (TPSA) is 17.3 Å². The van der Waals surface area contributed by atoms with Crippen molar-refractivity contribution < 1.29 is 0 Å². The molecule has 24 heavy (non-hydrogen) atoms. The van der Waals surface area contributed by atoms with Crippen LogP contribution in [-0.2, 0) is 0 Å². The quantitative estimate of drug-likeness (QED) is 0.408. The molecule has 0 fully saturated rings. The van der Waals surface area contributed by atoms with Gasteiger partial charge in [-0.15, -0.1) is 0 Å². The monoisotopic (exact) mass is 420 g/mol. The average molecular weight is 422 g/mol. The van der Waals surface area contributed by atoms with Crippen LogP contribution in [0.2, 0.25) is 10.0 Å². The van der Waals surface area contributed by atoms with Crippen molar-refractivity contribution in [3.63, 3.8) is 0 Å². The molecule has 1 aromatic heterocycles. The highest BCUT2D eigenvalue weighted by atomic mass is 79.9. The van der Waals surface area contributed by atoms with Crippen molar-refractivity contribution in [2.45, 2.75) is 13.8 Å². The second kappa shape index (κ2) is 7.14. The maximum atomic E-state index is 6.17. The number of aliphatic imine (C=N–C) groups is 1. The van der Waals surface area contributed by atoms with Crippen LogP contribution < -0.4 is 0 Å². The molecule has 0 atom stereocenters. The van der Waals surface area contributed by atoms with Gasteiger partial charge in [-0.25, -0.2) is 0 Å². The zero-order valence-corrected chi connectivity index (χ0v) is 16.3. The molecule has 0 amide bonds. The molecule has 2 aromatic carbocycles. The first-order chi connectivity index (χ1) is 11.5. The van der Waals surface area contributed by atoms with Crippen molar-refractivity contribution in [2.24, 2.45) is 4.99 Å². The third-order valence-electron chi connectivity index (χ3n) is 3.81. The van der Waals surface area contributed by atoms with E-state index in [0.29, 0.717) is 15.7 Å². The minimum atomic E-state index is 0.542. The molecule has 5 heteroatoms. The van der Waals surface area contributed by atoms with Gasteiger partial charge in [-0.3, -0.25) is 4.99 Å². The number of nitrogens with zero attached hydrogens (tertiary/aromatic N) is 2. The number of hydrogen-bond donors (Lipinski definition) is 0. The molecule has 1 heterocycles. The summed E-state index contributed by atoms with van der Waals surface area (Å²) in [4.78, 5) is 4.50. The molecular formula is C19H15BrCl2N2. The minimum Gasteiger partial charge on any atom is -0.318 e. The second-order valence-corrected chi connectivity index (χ2v) is 7.25. The molecule has 0 saturated carbocycles. The fraction of sp³-hybridized carbons (Fsp3) is 0.105. The van der Waals surface area contributed by atoms with Crippen molar-refractivity contribution in [1.29, 1.82) is 0 Å². The fourth-order valence-corrected chi connectivity index (χ4v) is 3.35. The number of halogens is 3. The lowest BCUT2D eigenvalue weighted by atomic mass is 10.2. The lowest BCUT2D eigenvalue weighted by Crippen LogP contribution is -1.99. The zero-order chi connectivity index (χ0) is 17.3. The Morgan fingerprint density at radius 3 is 2.38 bits per heavy atom. The summed E-state index contributed by atoms with van der Waals surface area (Å²) in [5, 5.41) is 1.15. The van der Waals surface area contributed by atoms with E-state index in [4.69, 9.17) is 23.2 Å². The summed E-state index contributed by atoms with van der Waals surface area (Å²) in [5.74, 6) is 0. The van der Waals surface area contributed by atoms with E-state index in [-0.39, 0.29) is 0 Å². The van der Waals surface area contributed by atoms with Crippen LogP contribution >= 0.6 is 39.1 Å². The van der Waals surface area contributed by atoms with Crippen molar-refractivity contribution in [3.05, 3.63) is 80.0 Å². The largest absolute Gasteiger partial charge is 0.318 e. The van der Waals surface area contributed by atoms with E-state index >= 15 is 0 Å². The Balaban J connectivity index is 1.97. The molecule has 3 rings (SSSR count). The Kier molecular flexibility index (Phi) is 5.14. The summed E-state index contributed by atoms with van der Waals surface area (Å²) < 4.78 is 3.27. The molecule has 0 unspecified atom stereocenters. The third kappa shape index (κ3) is 3.59. The standard InChI is InChI=1S/C19H15BrCl2N2/c1-12-9-14(11-23-19-8-5-16(21)10-18(19)22)13(2)24(12)17-6-3-15(20)4-7-17/h3-11H,1-2H3. The molecule has 3 aromatic rings. The van der Waals surface area contributed by atoms with Crippen LogP contribution in [-0.4, -0.2) is 10.8 Å². The van der Waals surface area contributed by atoms with Crippen molar-refractivity contribution >= 4 is 51.0 Å². The molecule has 0 bridgehead atoms. The van der Waals surface area contributed by atoms with Crippen LogP contribution in [0.25, 0.3) is 5.69 Å². The van der Waals surface area contributed by atoms with Crippen LogP contribution in [0.1, 0.15) is 17.0 Å². The van der Waals surface area contributed by atoms with Crippen LogP contribution in [0.4, 0.5) is 5.69 Å². The van der Waals surface area contributed by atoms with Crippen LogP contribution in [0.3, 0.4) is 0 Å². The Bertz CT molecular complexity index is 912. The van der Waals surface area contributed by atoms with E-state index in [1.165, 1.54) is 0 Å². The number of aromatic nitrogens is 1. The van der Waals surface area contributed by atoms with E-state index in [2.05, 4.69) is 57.5 Å². The van der Waals surface area contributed by atoms with E-state index < -0.39 is 0 Å². The third-order valence-corrected chi connectivity index (χ3v) is 4.87. The maximum Gasteiger partial charge on any atom is 0.0817 e. The average Bonchev–Trinajstić information content (AvgIpc) is 2.82. The maximum absolute atomic E-state index is 6.17. The Morgan fingerprint density at radius 2 is 1.71 bits per heavy atom. The van der Waals surface area contributed by atoms with E-state index in [1.54, 1.807) is 12.1 Å². The summed E-state index contributed by atoms with van der Waals surface area (Å²) in [6, 6.07) is 15.7. The zero-order valence-electron chi connectivity index (χ0n) is 13.2. The molecule has 0 spiro atoms. The van der Waals surface area contributed by atoms with Gasteiger partial charge in [-0.2, -0.15) is 0 Å². The molecule has 0 aliphatic carbocycles. The first-order valence-electron chi connectivity index (χ1n) is 7.39. The molecule has 0 radical (unpaired) electrons. The van der Waals surface area contributed by atoms with Gasteiger partial charge in [0.1, 0.15) is 0 Å². The highest BCUT2D eigenvalue weighted by Gasteiger charge is 2.09. The molecular weight excluding hydrogens is 407 g/mol. The van der Waals surface area contributed by atoms with E-state index in [0.717, 1.165) is 27.1 Å². The highest BCUT2D eigenvalue weighted by Crippen LogP contribution is 2.28. The molecule has 2 nitrogen and oxygen atoms in total. The Morgan fingerprint density at radius 1 is 1.00 bits per heavy atom. The van der Waals surface area contributed by atoms with Gasteiger partial charge in [-0.1, -0.05) is 39.1 Å². The van der Waals surface area contributed by atoms with Gasteiger partial charge in [0.25, 0.3) is 0 Å². The summed E-state index contributed by atoms with van der Waals surface area (Å²) in [6.07, 6.45) is 1.84. The van der Waals surface area contributed by atoms with Gasteiger partial charge in [0.05, 0.1) is 10.7 Å². The minimum absolute atomic E-state index is 0.542. The molecule has 0 aliphatic rings. The molecule has 0 N–H and O–H groups in total. The number of aryl methyl sites for hydroxylation is 1. The van der Waals surface area contributed by atoms with E-state index in [1.807, 2.05) is 24.4 Å². The van der Waals surface area contributed by atoms with Gasteiger partial charge >= 0.3 is 0 Å². The van der Waals surface area contributed by atoms with Crippen LogP contribution in [0.15, 0.2) is 58.0 Å². The first-order valence-corrected chi connectivity index (χ1v) is 8.94. The lowest BCUT2D eigenvalue weighted by molar-refractivity contribution is 0.964. The Labute approximate surface area is 159 Å². The molecule has 0 aliphatic heterocycles. The SMILES string of the molecule is Cc1cc(C=Nc2ccc(Cl)cc2Cl)c(C)n1-c1ccc(Br)cc1. The van der Waals surface area contributed by atoms with Crippen molar-refractivity contribution in [2.75, 3.05) is 0 Å². The van der Waals surface area contributed by atoms with Gasteiger partial charge in [0.15, 0.2) is 0 Å². The number of rotatable bonds is 3. The van der Waals surface area contributed by atoms with Crippen LogP contribution in [0, 0.1) is 13.8 Å². The molecule has 122 valence electrons. The smallest absolute Gasteiger partial charge is 0.0817 e. The highest BCUT2D eigenvalue weighted by molar-refractivity contribution is 9.10. The second-order valence-electron chi connectivity index (χ2n) is 5.49. The van der Waals surface area contributed by atoms with Gasteiger partial charge in [0.2, 0.25) is 0 Å². The fourth-order valence-electron chi connectivity index (χ4n) is 2.63. The summed E-state index contributed by atoms with van der Waals surface area (Å²) in [5.41, 5.74) is 5.16. The first kappa shape index (κ1) is 17.3. The lowest BCUT2D eigenvalue weighted by Gasteiger charge is -2.09. The number of hydrogen-bond acceptors (Lipinski definition) is 1. The summed E-state index contributed by atoms with van der Waals surface area (Å²) in [7, 11) is 0. The molecule has 0 saturated heterocycles. The normalized spacial score (nSPS) is 11.4. The van der Waals surface area contributed by atoms with E-state index in [9.17, 15) is 0 Å². The predicted octanol–water partition coefficient (Wildman–Crippen LogP) is 6.91. The van der Waals surface area contributed by atoms with Gasteiger partial charge in [0, 0.05) is 38.3 Å². The predicted molar refractivity (Wildman–Crippen MR) is 107 cm³/mol. The van der Waals surface area contributed by atoms with Crippen molar-refractivity contribution in [3.8, 4) is 5.69 Å². The van der Waals surface area contributed by atoms with Crippen LogP contribution in [0.5, 0.6) is 0 Å². The van der Waals surface area contributed by atoms with Gasteiger partial charge in [-0.05, 0) is 62.4 Å². The summed E-state index contributed by atoms with van der Waals surface area (Å²) in [6.45, 7) is 4.17. The Hall–Kier alpha value is -1.55.